The van der Waals surface area contributed by atoms with Crippen LogP contribution in [-0.2, 0) is 4.74 Å². The number of rotatable bonds is 4. The molecule has 4 heteroatoms. The van der Waals surface area contributed by atoms with Crippen molar-refractivity contribution in [2.45, 2.75) is 44.2 Å². The van der Waals surface area contributed by atoms with E-state index in [0.717, 1.165) is 26.1 Å². The van der Waals surface area contributed by atoms with Gasteiger partial charge in [0.05, 0.1) is 6.10 Å². The van der Waals surface area contributed by atoms with E-state index in [4.69, 9.17) is 10.5 Å². The molecule has 2 saturated heterocycles. The van der Waals surface area contributed by atoms with Crippen molar-refractivity contribution in [1.82, 2.24) is 9.80 Å². The molecule has 0 aromatic carbocycles. The van der Waals surface area contributed by atoms with E-state index in [-0.39, 0.29) is 5.54 Å². The van der Waals surface area contributed by atoms with Gasteiger partial charge in [-0.3, -0.25) is 4.90 Å². The monoisotopic (exact) mass is 255 g/mol. The molecule has 2 heterocycles. The Morgan fingerprint density at radius 1 is 1.28 bits per heavy atom. The number of hydrogen-bond donors (Lipinski definition) is 1. The van der Waals surface area contributed by atoms with Gasteiger partial charge in [0, 0.05) is 32.3 Å². The highest BCUT2D eigenvalue weighted by molar-refractivity contribution is 4.97. The minimum absolute atomic E-state index is 0.233. The quantitative estimate of drug-likeness (QED) is 0.811. The molecule has 0 bridgehead atoms. The molecule has 0 saturated carbocycles. The van der Waals surface area contributed by atoms with Crippen LogP contribution in [0, 0.1) is 0 Å². The van der Waals surface area contributed by atoms with Crippen molar-refractivity contribution in [2.24, 2.45) is 5.73 Å². The lowest BCUT2D eigenvalue weighted by Crippen LogP contribution is -2.53. The van der Waals surface area contributed by atoms with Crippen molar-refractivity contribution in [3.8, 4) is 0 Å². The van der Waals surface area contributed by atoms with Gasteiger partial charge in [-0.2, -0.15) is 0 Å². The molecule has 0 aliphatic carbocycles. The molecule has 2 rings (SSSR count). The first-order chi connectivity index (χ1) is 8.74. The summed E-state index contributed by atoms with van der Waals surface area (Å²) < 4.78 is 5.50. The van der Waals surface area contributed by atoms with Crippen LogP contribution in [0.5, 0.6) is 0 Å². The van der Waals surface area contributed by atoms with E-state index in [2.05, 4.69) is 16.7 Å². The standard InChI is InChI=1S/C14H29N3O/c1-3-16-8-4-6-14(12-15,7-10-16)17-9-5-13(11-17)18-2/h13H,3-12,15H2,1-2H3. The summed E-state index contributed by atoms with van der Waals surface area (Å²) in [5.41, 5.74) is 6.39. The highest BCUT2D eigenvalue weighted by Crippen LogP contribution is 2.31. The predicted molar refractivity (Wildman–Crippen MR) is 74.7 cm³/mol. The minimum atomic E-state index is 0.233. The summed E-state index contributed by atoms with van der Waals surface area (Å²) in [5.74, 6) is 0. The predicted octanol–water partition coefficient (Wildman–Crippen LogP) is 0.910. The molecule has 2 atom stereocenters. The van der Waals surface area contributed by atoms with Crippen molar-refractivity contribution < 1.29 is 4.74 Å². The van der Waals surface area contributed by atoms with Gasteiger partial charge in [0.1, 0.15) is 0 Å². The van der Waals surface area contributed by atoms with Gasteiger partial charge in [-0.15, -0.1) is 0 Å². The largest absolute Gasteiger partial charge is 0.380 e. The van der Waals surface area contributed by atoms with E-state index in [1.807, 2.05) is 7.11 Å². The van der Waals surface area contributed by atoms with Gasteiger partial charge >= 0.3 is 0 Å². The highest BCUT2D eigenvalue weighted by Gasteiger charge is 2.40. The molecule has 2 aliphatic heterocycles. The molecule has 2 unspecified atom stereocenters. The van der Waals surface area contributed by atoms with Crippen LogP contribution in [0.15, 0.2) is 0 Å². The summed E-state index contributed by atoms with van der Waals surface area (Å²) >= 11 is 0. The lowest BCUT2D eigenvalue weighted by molar-refractivity contribution is 0.0649. The van der Waals surface area contributed by atoms with Crippen molar-refractivity contribution in [1.29, 1.82) is 0 Å². The van der Waals surface area contributed by atoms with Crippen LogP contribution >= 0.6 is 0 Å². The van der Waals surface area contributed by atoms with Crippen LogP contribution in [0.2, 0.25) is 0 Å². The molecule has 0 radical (unpaired) electrons. The summed E-state index contributed by atoms with van der Waals surface area (Å²) in [5, 5.41) is 0. The average molecular weight is 255 g/mol. The van der Waals surface area contributed by atoms with E-state index in [0.29, 0.717) is 6.10 Å². The van der Waals surface area contributed by atoms with Gasteiger partial charge < -0.3 is 15.4 Å². The third-order valence-corrected chi connectivity index (χ3v) is 4.99. The fourth-order valence-electron chi connectivity index (χ4n) is 3.55. The SMILES string of the molecule is CCN1CCCC(CN)(N2CCC(OC)C2)CC1. The Bertz CT molecular complexity index is 261. The second-order valence-corrected chi connectivity index (χ2v) is 5.81. The second-order valence-electron chi connectivity index (χ2n) is 5.81. The molecule has 18 heavy (non-hydrogen) atoms. The fraction of sp³-hybridized carbons (Fsp3) is 1.00. The van der Waals surface area contributed by atoms with Crippen molar-refractivity contribution >= 4 is 0 Å². The third kappa shape index (κ3) is 2.87. The number of methoxy groups -OCH3 is 1. The normalized spacial score (nSPS) is 35.8. The Morgan fingerprint density at radius 3 is 2.72 bits per heavy atom. The summed E-state index contributed by atoms with van der Waals surface area (Å²) in [7, 11) is 1.83. The molecule has 0 aromatic heterocycles. The maximum atomic E-state index is 6.16. The number of hydrogen-bond acceptors (Lipinski definition) is 4. The smallest absolute Gasteiger partial charge is 0.0710 e. The number of nitrogens with zero attached hydrogens (tertiary/aromatic N) is 2. The Balaban J connectivity index is 2.01. The number of nitrogens with two attached hydrogens (primary N) is 1. The van der Waals surface area contributed by atoms with Crippen LogP contribution in [0.3, 0.4) is 0 Å². The molecular formula is C14H29N3O. The van der Waals surface area contributed by atoms with E-state index in [1.165, 1.54) is 38.9 Å². The van der Waals surface area contributed by atoms with Crippen LogP contribution in [0.25, 0.3) is 0 Å². The molecule has 2 aliphatic rings. The van der Waals surface area contributed by atoms with Crippen LogP contribution in [-0.4, -0.2) is 67.8 Å². The summed E-state index contributed by atoms with van der Waals surface area (Å²) in [6, 6.07) is 0. The Morgan fingerprint density at radius 2 is 2.11 bits per heavy atom. The van der Waals surface area contributed by atoms with Gasteiger partial charge in [0.15, 0.2) is 0 Å². The number of ether oxygens (including phenoxy) is 1. The van der Waals surface area contributed by atoms with E-state index >= 15 is 0 Å². The zero-order chi connectivity index (χ0) is 13.0. The molecule has 2 fully saturated rings. The van der Waals surface area contributed by atoms with Gasteiger partial charge in [-0.1, -0.05) is 6.92 Å². The molecule has 0 aromatic rings. The maximum absolute atomic E-state index is 6.16. The third-order valence-electron chi connectivity index (χ3n) is 4.99. The summed E-state index contributed by atoms with van der Waals surface area (Å²) in [6.07, 6.45) is 5.32. The first-order valence-corrected chi connectivity index (χ1v) is 7.44. The first-order valence-electron chi connectivity index (χ1n) is 7.44. The molecule has 2 N–H and O–H groups in total. The van der Waals surface area contributed by atoms with Gasteiger partial charge in [-0.05, 0) is 45.3 Å². The molecule has 0 spiro atoms. The zero-order valence-electron chi connectivity index (χ0n) is 12.0. The van der Waals surface area contributed by atoms with Crippen molar-refractivity contribution in [2.75, 3.05) is 46.4 Å². The lowest BCUT2D eigenvalue weighted by atomic mass is 9.89. The second kappa shape index (κ2) is 6.33. The molecule has 4 nitrogen and oxygen atoms in total. The molecule has 0 amide bonds. The van der Waals surface area contributed by atoms with Crippen molar-refractivity contribution in [3.63, 3.8) is 0 Å². The summed E-state index contributed by atoms with van der Waals surface area (Å²) in [4.78, 5) is 5.17. The highest BCUT2D eigenvalue weighted by atomic mass is 16.5. The average Bonchev–Trinajstić information content (AvgIpc) is 2.79. The van der Waals surface area contributed by atoms with E-state index in [9.17, 15) is 0 Å². The van der Waals surface area contributed by atoms with E-state index < -0.39 is 0 Å². The Kier molecular flexibility index (Phi) is 5.01. The Hall–Kier alpha value is -0.160. The maximum Gasteiger partial charge on any atom is 0.0710 e. The summed E-state index contributed by atoms with van der Waals surface area (Å²) in [6.45, 7) is 8.87. The first kappa shape index (κ1) is 14.3. The minimum Gasteiger partial charge on any atom is -0.380 e. The van der Waals surface area contributed by atoms with E-state index in [1.54, 1.807) is 0 Å². The molecular weight excluding hydrogens is 226 g/mol. The van der Waals surface area contributed by atoms with Crippen LogP contribution < -0.4 is 5.73 Å². The van der Waals surface area contributed by atoms with Gasteiger partial charge in [-0.25, -0.2) is 0 Å². The van der Waals surface area contributed by atoms with Crippen LogP contribution in [0.1, 0.15) is 32.6 Å². The van der Waals surface area contributed by atoms with Crippen molar-refractivity contribution in [3.05, 3.63) is 0 Å². The van der Waals surface area contributed by atoms with Crippen LogP contribution in [0.4, 0.5) is 0 Å². The Labute approximate surface area is 111 Å². The van der Waals surface area contributed by atoms with Gasteiger partial charge in [0.25, 0.3) is 0 Å². The number of likely N-dealkylation sites (tertiary alicyclic amines) is 2. The van der Waals surface area contributed by atoms with Gasteiger partial charge in [0.2, 0.25) is 0 Å². The topological polar surface area (TPSA) is 41.7 Å². The lowest BCUT2D eigenvalue weighted by Gasteiger charge is -2.41. The zero-order valence-corrected chi connectivity index (χ0v) is 12.0. The molecule has 106 valence electrons. The fourth-order valence-corrected chi connectivity index (χ4v) is 3.55.